The second kappa shape index (κ2) is 9.00. The van der Waals surface area contributed by atoms with Gasteiger partial charge in [-0.3, -0.25) is 9.59 Å². The molecular formula is C27H30N2O6. The Balaban J connectivity index is 1.06. The summed E-state index contributed by atoms with van der Waals surface area (Å²) in [6, 6.07) is 16.1. The Bertz CT molecular complexity index is 1110. The van der Waals surface area contributed by atoms with Gasteiger partial charge in [-0.15, -0.1) is 0 Å². The molecule has 2 aromatic carbocycles. The lowest BCUT2D eigenvalue weighted by Crippen LogP contribution is -2.41. The number of rotatable bonds is 9. The molecule has 0 heterocycles. The zero-order valence-electron chi connectivity index (χ0n) is 19.5. The van der Waals surface area contributed by atoms with Gasteiger partial charge in [-0.05, 0) is 46.9 Å². The molecule has 4 N–H and O–H groups in total. The smallest absolute Gasteiger partial charge is 0.407 e. The van der Waals surface area contributed by atoms with Gasteiger partial charge in [0.1, 0.15) is 6.61 Å². The molecule has 2 aromatic rings. The number of benzene rings is 2. The highest BCUT2D eigenvalue weighted by atomic mass is 16.5. The van der Waals surface area contributed by atoms with Crippen LogP contribution < -0.4 is 10.6 Å². The van der Waals surface area contributed by atoms with Gasteiger partial charge in [-0.1, -0.05) is 55.0 Å². The minimum Gasteiger partial charge on any atom is -0.481 e. The van der Waals surface area contributed by atoms with E-state index in [9.17, 15) is 24.6 Å². The van der Waals surface area contributed by atoms with E-state index in [2.05, 4.69) is 22.8 Å². The summed E-state index contributed by atoms with van der Waals surface area (Å²) < 4.78 is 5.44. The lowest BCUT2D eigenvalue weighted by Gasteiger charge is -2.31. The fraction of sp³-hybridized carbons (Fsp3) is 0.444. The van der Waals surface area contributed by atoms with Crippen LogP contribution in [-0.4, -0.2) is 54.0 Å². The number of aliphatic hydroxyl groups is 1. The third-order valence-corrected chi connectivity index (χ3v) is 8.08. The first-order chi connectivity index (χ1) is 16.9. The standard InChI is InChI=1S/C27H30N2O6/c30-17(12-23(31)29-16-27(24(32)33)15-26(27)10-5-11-26)13-28-25(34)35-14-22-20-8-3-1-6-18(20)19-7-2-4-9-21(19)22/h1-4,6-9,17,22,30H,5,10-16H2,(H,28,34)(H,29,31)(H,32,33). The van der Waals surface area contributed by atoms with Gasteiger partial charge >= 0.3 is 12.1 Å². The number of amides is 2. The quantitative estimate of drug-likeness (QED) is 0.439. The number of fused-ring (bicyclic) bond motifs is 3. The van der Waals surface area contributed by atoms with E-state index in [0.717, 1.165) is 41.5 Å². The maximum Gasteiger partial charge on any atom is 0.407 e. The van der Waals surface area contributed by atoms with Crippen molar-refractivity contribution in [2.75, 3.05) is 19.7 Å². The van der Waals surface area contributed by atoms with E-state index in [1.165, 1.54) is 0 Å². The SMILES string of the molecule is O=C(CC(O)CNC(=O)OCC1c2ccccc2-c2ccccc21)NCC1(C(=O)O)CC12CCC2. The molecule has 0 saturated heterocycles. The monoisotopic (exact) mass is 478 g/mol. The first-order valence-electron chi connectivity index (χ1n) is 12.1. The van der Waals surface area contributed by atoms with E-state index in [1.54, 1.807) is 0 Å². The van der Waals surface area contributed by atoms with Crippen LogP contribution in [0.1, 0.15) is 49.1 Å². The second-order valence-corrected chi connectivity index (χ2v) is 10.0. The lowest BCUT2D eigenvalue weighted by atomic mass is 9.75. The van der Waals surface area contributed by atoms with E-state index in [0.29, 0.717) is 6.42 Å². The fourth-order valence-electron chi connectivity index (χ4n) is 5.88. The van der Waals surface area contributed by atoms with Crippen molar-refractivity contribution in [1.82, 2.24) is 10.6 Å². The molecule has 2 fully saturated rings. The fourth-order valence-corrected chi connectivity index (χ4v) is 5.88. The van der Waals surface area contributed by atoms with E-state index >= 15 is 0 Å². The largest absolute Gasteiger partial charge is 0.481 e. The van der Waals surface area contributed by atoms with E-state index in [-0.39, 0.29) is 37.5 Å². The number of carbonyl (C=O) groups is 3. The van der Waals surface area contributed by atoms with Crippen molar-refractivity contribution in [3.05, 3.63) is 59.7 Å². The summed E-state index contributed by atoms with van der Waals surface area (Å²) in [5.41, 5.74) is 3.46. The van der Waals surface area contributed by atoms with Crippen LogP contribution in [0.3, 0.4) is 0 Å². The Kier molecular flexibility index (Phi) is 6.01. The third-order valence-electron chi connectivity index (χ3n) is 8.08. The molecule has 1 spiro atoms. The molecule has 0 aromatic heterocycles. The number of aliphatic carboxylic acids is 1. The number of carbonyl (C=O) groups excluding carboxylic acids is 2. The highest BCUT2D eigenvalue weighted by Crippen LogP contribution is 2.73. The van der Waals surface area contributed by atoms with Crippen molar-refractivity contribution in [3.63, 3.8) is 0 Å². The van der Waals surface area contributed by atoms with Gasteiger partial charge in [-0.2, -0.15) is 0 Å². The topological polar surface area (TPSA) is 125 Å². The molecule has 0 bridgehead atoms. The number of hydrogen-bond donors (Lipinski definition) is 4. The first kappa shape index (κ1) is 23.4. The van der Waals surface area contributed by atoms with Crippen molar-refractivity contribution in [2.45, 2.75) is 44.1 Å². The van der Waals surface area contributed by atoms with Crippen molar-refractivity contribution < 1.29 is 29.3 Å². The van der Waals surface area contributed by atoms with Crippen LogP contribution in [0.5, 0.6) is 0 Å². The maximum atomic E-state index is 12.3. The molecule has 35 heavy (non-hydrogen) atoms. The molecule has 8 heteroatoms. The van der Waals surface area contributed by atoms with Crippen molar-refractivity contribution in [1.29, 1.82) is 0 Å². The molecule has 0 aliphatic heterocycles. The molecule has 8 nitrogen and oxygen atoms in total. The number of alkyl carbamates (subject to hydrolysis) is 1. The van der Waals surface area contributed by atoms with Gasteiger partial charge in [0, 0.05) is 19.0 Å². The van der Waals surface area contributed by atoms with Crippen LogP contribution in [0.2, 0.25) is 0 Å². The van der Waals surface area contributed by atoms with Crippen LogP contribution in [0, 0.1) is 10.8 Å². The minimum absolute atomic E-state index is 0.0632. The molecule has 184 valence electrons. The summed E-state index contributed by atoms with van der Waals surface area (Å²) in [6.07, 6.45) is 1.41. The summed E-state index contributed by atoms with van der Waals surface area (Å²) >= 11 is 0. The van der Waals surface area contributed by atoms with E-state index in [4.69, 9.17) is 4.74 Å². The van der Waals surface area contributed by atoms with Crippen molar-refractivity contribution >= 4 is 18.0 Å². The van der Waals surface area contributed by atoms with E-state index in [1.807, 2.05) is 36.4 Å². The van der Waals surface area contributed by atoms with Crippen LogP contribution in [0.25, 0.3) is 11.1 Å². The van der Waals surface area contributed by atoms with Gasteiger partial charge in [0.25, 0.3) is 0 Å². The van der Waals surface area contributed by atoms with Crippen LogP contribution in [0.4, 0.5) is 4.79 Å². The normalized spacial score (nSPS) is 21.9. The third kappa shape index (κ3) is 4.16. The van der Waals surface area contributed by atoms with Gasteiger partial charge in [0.2, 0.25) is 5.91 Å². The Labute approximate surface area is 203 Å². The zero-order valence-corrected chi connectivity index (χ0v) is 19.5. The average molecular weight is 479 g/mol. The molecule has 2 amide bonds. The van der Waals surface area contributed by atoms with Gasteiger partial charge in [0.05, 0.1) is 17.9 Å². The molecule has 2 saturated carbocycles. The first-order valence-corrected chi connectivity index (χ1v) is 12.1. The van der Waals surface area contributed by atoms with Crippen LogP contribution in [-0.2, 0) is 14.3 Å². The average Bonchev–Trinajstić information content (AvgIpc) is 3.45. The predicted octanol–water partition coefficient (Wildman–Crippen LogP) is 3.04. The molecule has 0 radical (unpaired) electrons. The van der Waals surface area contributed by atoms with Crippen LogP contribution in [0.15, 0.2) is 48.5 Å². The van der Waals surface area contributed by atoms with Crippen molar-refractivity contribution in [3.8, 4) is 11.1 Å². The number of nitrogens with one attached hydrogen (secondary N) is 2. The Morgan fingerprint density at radius 3 is 2.17 bits per heavy atom. The molecule has 5 rings (SSSR count). The molecular weight excluding hydrogens is 448 g/mol. The minimum atomic E-state index is -1.10. The number of carboxylic acid groups (broad SMARTS) is 1. The van der Waals surface area contributed by atoms with Crippen molar-refractivity contribution in [2.24, 2.45) is 10.8 Å². The van der Waals surface area contributed by atoms with E-state index < -0.39 is 29.5 Å². The maximum absolute atomic E-state index is 12.3. The molecule has 3 aliphatic carbocycles. The second-order valence-electron chi connectivity index (χ2n) is 10.0. The lowest BCUT2D eigenvalue weighted by molar-refractivity contribution is -0.146. The summed E-state index contributed by atoms with van der Waals surface area (Å²) in [5, 5.41) is 25.0. The predicted molar refractivity (Wildman–Crippen MR) is 128 cm³/mol. The van der Waals surface area contributed by atoms with Gasteiger partial charge in [-0.25, -0.2) is 4.79 Å². The summed E-state index contributed by atoms with van der Waals surface area (Å²) in [6.45, 7) is 0.0985. The van der Waals surface area contributed by atoms with Gasteiger partial charge in [0.15, 0.2) is 0 Å². The summed E-state index contributed by atoms with van der Waals surface area (Å²) in [7, 11) is 0. The zero-order chi connectivity index (χ0) is 24.6. The van der Waals surface area contributed by atoms with Crippen LogP contribution >= 0.6 is 0 Å². The Hall–Kier alpha value is -3.39. The van der Waals surface area contributed by atoms with Gasteiger partial charge < -0.3 is 25.6 Å². The number of ether oxygens (including phenoxy) is 1. The number of hydrogen-bond acceptors (Lipinski definition) is 5. The highest BCUT2D eigenvalue weighted by Gasteiger charge is 2.73. The number of carboxylic acids is 1. The highest BCUT2D eigenvalue weighted by molar-refractivity contribution is 5.83. The Morgan fingerprint density at radius 1 is 1.00 bits per heavy atom. The Morgan fingerprint density at radius 2 is 1.63 bits per heavy atom. The molecule has 2 unspecified atom stereocenters. The molecule has 3 aliphatic rings. The summed E-state index contributed by atoms with van der Waals surface area (Å²) in [4.78, 5) is 36.2. The summed E-state index contributed by atoms with van der Waals surface area (Å²) in [5.74, 6) is -1.37. The molecule has 2 atom stereocenters. The number of aliphatic hydroxyl groups excluding tert-OH is 1.